The lowest BCUT2D eigenvalue weighted by molar-refractivity contribution is -0.117. The summed E-state index contributed by atoms with van der Waals surface area (Å²) >= 11 is 0. The maximum atomic E-state index is 13.3. The van der Waals surface area contributed by atoms with E-state index in [1.54, 1.807) is 29.1 Å². The number of hydrogen-bond acceptors (Lipinski definition) is 7. The summed E-state index contributed by atoms with van der Waals surface area (Å²) in [6.07, 6.45) is 0.669. The lowest BCUT2D eigenvalue weighted by Gasteiger charge is -2.24. The van der Waals surface area contributed by atoms with Crippen molar-refractivity contribution in [2.45, 2.75) is 32.4 Å². The van der Waals surface area contributed by atoms with Gasteiger partial charge in [-0.1, -0.05) is 63.2 Å². The van der Waals surface area contributed by atoms with Gasteiger partial charge in [-0.3, -0.25) is 10.1 Å². The molecule has 42 heavy (non-hydrogen) atoms. The van der Waals surface area contributed by atoms with Gasteiger partial charge in [0.15, 0.2) is 17.7 Å². The third-order valence-electron chi connectivity index (χ3n) is 6.81. The number of hydrogen-bond donors (Lipinski definition) is 5. The first-order valence-electron chi connectivity index (χ1n) is 13.4. The highest BCUT2D eigenvalue weighted by molar-refractivity contribution is 6.08. The van der Waals surface area contributed by atoms with Gasteiger partial charge in [-0.25, -0.2) is 14.5 Å². The minimum Gasteiger partial charge on any atom is -0.454 e. The van der Waals surface area contributed by atoms with Crippen molar-refractivity contribution in [1.82, 2.24) is 14.8 Å². The Morgan fingerprint density at radius 1 is 0.952 bits per heavy atom. The monoisotopic (exact) mass is 562 g/mol. The van der Waals surface area contributed by atoms with E-state index in [9.17, 15) is 9.59 Å². The number of ether oxygens (including phenoxy) is 1. The summed E-state index contributed by atoms with van der Waals surface area (Å²) in [6.45, 7) is 6.22. The SMILES string of the molecule is CC(C)(C)c1cc(NC(=O)Nc2ccc(Oc3ccnc4c3NC(=O)C(N)N4)c3ccccc23)n(-c2ccccc2)n1. The summed E-state index contributed by atoms with van der Waals surface area (Å²) in [4.78, 5) is 29.7. The maximum Gasteiger partial charge on any atom is 0.324 e. The molecule has 2 aromatic heterocycles. The van der Waals surface area contributed by atoms with Crippen molar-refractivity contribution in [3.8, 4) is 17.2 Å². The fourth-order valence-electron chi connectivity index (χ4n) is 4.63. The van der Waals surface area contributed by atoms with Crippen LogP contribution in [0.1, 0.15) is 26.5 Å². The van der Waals surface area contributed by atoms with E-state index in [4.69, 9.17) is 15.6 Å². The van der Waals surface area contributed by atoms with Crippen LogP contribution in [0.3, 0.4) is 0 Å². The number of carbonyl (C=O) groups excluding carboxylic acids is 2. The minimum atomic E-state index is -0.899. The third kappa shape index (κ3) is 5.20. The molecule has 1 aliphatic rings. The molecule has 0 bridgehead atoms. The van der Waals surface area contributed by atoms with Crippen LogP contribution in [0.2, 0.25) is 0 Å². The number of para-hydroxylation sites is 1. The van der Waals surface area contributed by atoms with E-state index >= 15 is 0 Å². The average molecular weight is 563 g/mol. The van der Waals surface area contributed by atoms with Crippen LogP contribution >= 0.6 is 0 Å². The van der Waals surface area contributed by atoms with Crippen molar-refractivity contribution >= 4 is 45.7 Å². The minimum absolute atomic E-state index is 0.210. The molecule has 1 unspecified atom stereocenters. The number of nitrogens with two attached hydrogens (primary N) is 1. The Morgan fingerprint density at radius 3 is 2.45 bits per heavy atom. The summed E-state index contributed by atoms with van der Waals surface area (Å²) in [6, 6.07) is 23.9. The molecule has 212 valence electrons. The fourth-order valence-corrected chi connectivity index (χ4v) is 4.63. The molecule has 0 saturated carbocycles. The average Bonchev–Trinajstić information content (AvgIpc) is 3.40. The summed E-state index contributed by atoms with van der Waals surface area (Å²) in [5.41, 5.74) is 8.25. The first-order valence-corrected chi connectivity index (χ1v) is 13.4. The van der Waals surface area contributed by atoms with Gasteiger partial charge in [0.1, 0.15) is 17.3 Å². The fraction of sp³-hybridized carbons (Fsp3) is 0.161. The van der Waals surface area contributed by atoms with E-state index in [0.29, 0.717) is 34.5 Å². The second kappa shape index (κ2) is 10.5. The van der Waals surface area contributed by atoms with Crippen molar-refractivity contribution in [3.63, 3.8) is 0 Å². The standard InChI is InChI=1S/C31H30N8O3/c1-31(2,3)24-17-25(39(38-24)18-9-5-4-6-10-18)35-30(41)34-21-13-14-22(20-12-8-7-11-19(20)21)42-23-15-16-33-28-26(23)36-29(40)27(32)37-28/h4-17,27H,32H2,1-3H3,(H,33,37)(H,36,40)(H2,34,35,41). The molecule has 0 spiro atoms. The Kier molecular flexibility index (Phi) is 6.71. The number of nitrogens with one attached hydrogen (secondary N) is 4. The van der Waals surface area contributed by atoms with Crippen LogP contribution in [-0.2, 0) is 10.2 Å². The number of pyridine rings is 1. The van der Waals surface area contributed by atoms with Crippen LogP contribution in [0.25, 0.3) is 16.5 Å². The third-order valence-corrected chi connectivity index (χ3v) is 6.81. The van der Waals surface area contributed by atoms with Crippen molar-refractivity contribution in [1.29, 1.82) is 0 Å². The molecule has 11 heteroatoms. The number of nitrogens with zero attached hydrogens (tertiary/aromatic N) is 3. The molecule has 3 amide bonds. The van der Waals surface area contributed by atoms with Gasteiger partial charge < -0.3 is 26.4 Å². The molecular weight excluding hydrogens is 532 g/mol. The molecule has 0 saturated heterocycles. The zero-order chi connectivity index (χ0) is 29.4. The van der Waals surface area contributed by atoms with Crippen LogP contribution in [0, 0.1) is 0 Å². The van der Waals surface area contributed by atoms with Crippen molar-refractivity contribution in [2.24, 2.45) is 5.73 Å². The molecule has 5 aromatic rings. The smallest absolute Gasteiger partial charge is 0.324 e. The maximum absolute atomic E-state index is 13.3. The molecule has 6 N–H and O–H groups in total. The van der Waals surface area contributed by atoms with Gasteiger partial charge in [0.2, 0.25) is 0 Å². The highest BCUT2D eigenvalue weighted by atomic mass is 16.5. The topological polar surface area (TPSA) is 148 Å². The number of benzene rings is 3. The van der Waals surface area contributed by atoms with Gasteiger partial charge in [0, 0.05) is 34.5 Å². The molecule has 0 aliphatic carbocycles. The molecule has 3 aromatic carbocycles. The Labute approximate surface area is 242 Å². The molecular formula is C31H30N8O3. The Hall–Kier alpha value is -5.42. The van der Waals surface area contributed by atoms with Crippen LogP contribution in [0.5, 0.6) is 11.5 Å². The van der Waals surface area contributed by atoms with Crippen LogP contribution in [0.4, 0.5) is 27.8 Å². The van der Waals surface area contributed by atoms with Crippen molar-refractivity contribution in [3.05, 3.63) is 90.8 Å². The number of aromatic nitrogens is 3. The Balaban J connectivity index is 1.28. The predicted octanol–water partition coefficient (Wildman–Crippen LogP) is 5.80. The first kappa shape index (κ1) is 26.8. The van der Waals surface area contributed by atoms with Crippen LogP contribution < -0.4 is 31.7 Å². The highest BCUT2D eigenvalue weighted by Gasteiger charge is 2.26. The largest absolute Gasteiger partial charge is 0.454 e. The second-order valence-electron chi connectivity index (χ2n) is 10.9. The molecule has 1 atom stereocenters. The Morgan fingerprint density at radius 2 is 1.69 bits per heavy atom. The van der Waals surface area contributed by atoms with Gasteiger partial charge >= 0.3 is 6.03 Å². The summed E-state index contributed by atoms with van der Waals surface area (Å²) in [7, 11) is 0. The molecule has 0 fully saturated rings. The number of carbonyl (C=O) groups is 2. The quantitative estimate of drug-likeness (QED) is 0.182. The molecule has 6 rings (SSSR count). The number of rotatable bonds is 5. The zero-order valence-electron chi connectivity index (χ0n) is 23.3. The highest BCUT2D eigenvalue weighted by Crippen LogP contribution is 2.40. The number of urea groups is 1. The van der Waals surface area contributed by atoms with Gasteiger partial charge in [-0.15, -0.1) is 0 Å². The predicted molar refractivity (Wildman–Crippen MR) is 163 cm³/mol. The van der Waals surface area contributed by atoms with Gasteiger partial charge in [-0.2, -0.15) is 5.10 Å². The molecule has 0 radical (unpaired) electrons. The number of amides is 3. The lowest BCUT2D eigenvalue weighted by Crippen LogP contribution is -2.45. The van der Waals surface area contributed by atoms with Crippen molar-refractivity contribution < 1.29 is 14.3 Å². The van der Waals surface area contributed by atoms with E-state index in [1.165, 1.54) is 0 Å². The van der Waals surface area contributed by atoms with Crippen molar-refractivity contribution in [2.75, 3.05) is 21.3 Å². The summed E-state index contributed by atoms with van der Waals surface area (Å²) in [5, 5.41) is 17.8. The Bertz CT molecular complexity index is 1810. The number of anilines is 4. The normalized spacial score (nSPS) is 14.5. The van der Waals surface area contributed by atoms with Gasteiger partial charge in [-0.05, 0) is 24.3 Å². The lowest BCUT2D eigenvalue weighted by atomic mass is 9.92. The number of fused-ring (bicyclic) bond motifs is 2. The van der Waals surface area contributed by atoms with Crippen LogP contribution in [-0.4, -0.2) is 32.9 Å². The van der Waals surface area contributed by atoms with Gasteiger partial charge in [0.05, 0.1) is 17.1 Å². The zero-order valence-corrected chi connectivity index (χ0v) is 23.3. The van der Waals surface area contributed by atoms with E-state index < -0.39 is 12.2 Å². The summed E-state index contributed by atoms with van der Waals surface area (Å²) in [5.74, 6) is 1.51. The van der Waals surface area contributed by atoms with E-state index in [2.05, 4.69) is 47.0 Å². The van der Waals surface area contributed by atoms with E-state index in [0.717, 1.165) is 22.2 Å². The van der Waals surface area contributed by atoms with E-state index in [1.807, 2.05) is 60.7 Å². The van der Waals surface area contributed by atoms with Gasteiger partial charge in [0.25, 0.3) is 5.91 Å². The first-order chi connectivity index (χ1) is 20.2. The second-order valence-corrected chi connectivity index (χ2v) is 10.9. The molecule has 1 aliphatic heterocycles. The summed E-state index contributed by atoms with van der Waals surface area (Å²) < 4.78 is 7.98. The van der Waals surface area contributed by atoms with E-state index in [-0.39, 0.29) is 11.3 Å². The molecule has 11 nitrogen and oxygen atoms in total. The van der Waals surface area contributed by atoms with Crippen LogP contribution in [0.15, 0.2) is 85.1 Å². The molecule has 3 heterocycles.